The molecule has 0 unspecified atom stereocenters. The van der Waals surface area contributed by atoms with Crippen LogP contribution in [-0.2, 0) is 17.5 Å². The first kappa shape index (κ1) is 30.6. The summed E-state index contributed by atoms with van der Waals surface area (Å²) in [6, 6.07) is 9.99. The Bertz CT molecular complexity index is 1120. The van der Waals surface area contributed by atoms with Crippen molar-refractivity contribution in [2.24, 2.45) is 11.3 Å². The summed E-state index contributed by atoms with van der Waals surface area (Å²) in [6.45, 7) is 7.19. The molecule has 0 heterocycles. The number of nitrogens with one attached hydrogen (secondary N) is 1. The summed E-state index contributed by atoms with van der Waals surface area (Å²) in [4.78, 5) is 25.8. The second kappa shape index (κ2) is 12.9. The Hall–Kier alpha value is -2.94. The number of alkyl halides is 3. The lowest BCUT2D eigenvalue weighted by molar-refractivity contribution is -0.138. The minimum absolute atomic E-state index is 0.0233. The molecule has 1 saturated carbocycles. The number of ether oxygens (including phenoxy) is 1. The first-order valence-electron chi connectivity index (χ1n) is 13.1. The zero-order chi connectivity index (χ0) is 28.8. The van der Waals surface area contributed by atoms with Crippen LogP contribution in [0.1, 0.15) is 70.4 Å². The molecule has 1 aliphatic carbocycles. The number of carboxylic acid groups (broad SMARTS) is 1. The number of carbonyl (C=O) groups is 2. The largest absolute Gasteiger partial charge is 0.494 e. The van der Waals surface area contributed by atoms with Crippen molar-refractivity contribution < 1.29 is 32.6 Å². The number of aliphatic carboxylic acids is 1. The fourth-order valence-corrected chi connectivity index (χ4v) is 5.16. The minimum Gasteiger partial charge on any atom is -0.494 e. The number of hydrogen-bond donors (Lipinski definition) is 2. The van der Waals surface area contributed by atoms with Crippen LogP contribution in [0.5, 0.6) is 5.75 Å². The number of benzene rings is 2. The number of carbonyl (C=O) groups excluding carboxylic acids is 1. The molecule has 214 valence electrons. The highest BCUT2D eigenvalue weighted by Gasteiger charge is 2.35. The molecule has 0 aliphatic heterocycles. The van der Waals surface area contributed by atoms with Crippen LogP contribution in [0.15, 0.2) is 42.5 Å². The molecule has 2 aromatic carbocycles. The number of nitrogens with zero attached hydrogens (tertiary/aromatic N) is 1. The highest BCUT2D eigenvalue weighted by atomic mass is 35.5. The molecule has 0 aromatic heterocycles. The smallest absolute Gasteiger partial charge is 0.417 e. The van der Waals surface area contributed by atoms with Gasteiger partial charge < -0.3 is 20.1 Å². The molecule has 6 nitrogen and oxygen atoms in total. The third-order valence-corrected chi connectivity index (χ3v) is 7.56. The lowest BCUT2D eigenvalue weighted by atomic mass is 9.71. The summed E-state index contributed by atoms with van der Waals surface area (Å²) >= 11 is 5.75. The molecule has 0 spiro atoms. The van der Waals surface area contributed by atoms with Gasteiger partial charge in [-0.05, 0) is 79.3 Å². The van der Waals surface area contributed by atoms with E-state index in [1.54, 1.807) is 17.0 Å². The van der Waals surface area contributed by atoms with Crippen molar-refractivity contribution in [1.82, 2.24) is 4.90 Å². The van der Waals surface area contributed by atoms with Crippen molar-refractivity contribution >= 4 is 29.3 Å². The predicted octanol–water partition coefficient (Wildman–Crippen LogP) is 8.24. The van der Waals surface area contributed by atoms with Crippen LogP contribution >= 0.6 is 11.6 Å². The number of rotatable bonds is 9. The zero-order valence-electron chi connectivity index (χ0n) is 22.5. The van der Waals surface area contributed by atoms with Crippen molar-refractivity contribution in [2.75, 3.05) is 11.9 Å². The average molecular weight is 569 g/mol. The molecule has 1 fully saturated rings. The molecular formula is C29H36ClF3N2O4. The van der Waals surface area contributed by atoms with E-state index >= 15 is 0 Å². The van der Waals surface area contributed by atoms with Gasteiger partial charge in [-0.1, -0.05) is 44.5 Å². The van der Waals surface area contributed by atoms with Gasteiger partial charge in [-0.2, -0.15) is 13.2 Å². The maximum atomic E-state index is 13.5. The van der Waals surface area contributed by atoms with E-state index in [1.807, 2.05) is 12.1 Å². The average Bonchev–Trinajstić information content (AvgIpc) is 2.86. The van der Waals surface area contributed by atoms with E-state index in [1.165, 1.54) is 6.07 Å². The van der Waals surface area contributed by atoms with Gasteiger partial charge in [0.15, 0.2) is 0 Å². The molecule has 3 rings (SSSR count). The van der Waals surface area contributed by atoms with Crippen LogP contribution in [0.2, 0.25) is 5.02 Å². The molecule has 0 bridgehead atoms. The molecule has 10 heteroatoms. The summed E-state index contributed by atoms with van der Waals surface area (Å²) in [6.07, 6.45) is -0.704. The highest BCUT2D eigenvalue weighted by Crippen LogP contribution is 2.40. The Balaban J connectivity index is 1.75. The van der Waals surface area contributed by atoms with Crippen LogP contribution < -0.4 is 10.1 Å². The standard InChI is InChI=1S/C29H36ClF3N2O4/c1-28(2,3)20-8-11-22(12-9-20)35(18-19-6-13-23(14-7-19)39-16-4-5-26(36)37)27(38)34-21-10-15-25(30)24(17-21)29(31,32)33/h6-7,10,13-15,17,20,22H,4-5,8-9,11-12,16,18H2,1-3H3,(H,34,38)(H,36,37). The number of urea groups is 1. The Morgan fingerprint density at radius 3 is 2.26 bits per heavy atom. The van der Waals surface area contributed by atoms with Crippen molar-refractivity contribution in [3.05, 3.63) is 58.6 Å². The van der Waals surface area contributed by atoms with Crippen molar-refractivity contribution in [1.29, 1.82) is 0 Å². The number of amides is 2. The topological polar surface area (TPSA) is 78.9 Å². The monoisotopic (exact) mass is 568 g/mol. The van der Waals surface area contributed by atoms with E-state index in [4.69, 9.17) is 21.4 Å². The summed E-state index contributed by atoms with van der Waals surface area (Å²) in [5, 5.41) is 11.0. The van der Waals surface area contributed by atoms with E-state index in [0.29, 0.717) is 18.1 Å². The number of hydrogen-bond acceptors (Lipinski definition) is 3. The number of anilines is 1. The van der Waals surface area contributed by atoms with Gasteiger partial charge in [-0.25, -0.2) is 4.79 Å². The van der Waals surface area contributed by atoms with Gasteiger partial charge in [0.05, 0.1) is 17.2 Å². The molecule has 0 atom stereocenters. The van der Waals surface area contributed by atoms with Gasteiger partial charge in [0, 0.05) is 24.7 Å². The van der Waals surface area contributed by atoms with E-state index in [2.05, 4.69) is 26.1 Å². The summed E-state index contributed by atoms with van der Waals surface area (Å²) in [5.41, 5.74) is 0.0248. The molecule has 39 heavy (non-hydrogen) atoms. The minimum atomic E-state index is -4.64. The number of carboxylic acids is 1. The maximum absolute atomic E-state index is 13.5. The summed E-state index contributed by atoms with van der Waals surface area (Å²) in [5.74, 6) is 0.241. The molecule has 0 saturated heterocycles. The molecule has 0 radical (unpaired) electrons. The quantitative estimate of drug-likeness (QED) is 0.299. The first-order valence-corrected chi connectivity index (χ1v) is 13.5. The van der Waals surface area contributed by atoms with Crippen LogP contribution in [-0.4, -0.2) is 34.7 Å². The second-order valence-electron chi connectivity index (χ2n) is 11.1. The van der Waals surface area contributed by atoms with E-state index in [0.717, 1.165) is 43.4 Å². The van der Waals surface area contributed by atoms with Gasteiger partial charge in [0.1, 0.15) is 5.75 Å². The SMILES string of the molecule is CC(C)(C)C1CCC(N(Cc2ccc(OCCCC(=O)O)cc2)C(=O)Nc2ccc(Cl)c(C(F)(F)F)c2)CC1. The Kier molecular flexibility index (Phi) is 10.2. The molecular weight excluding hydrogens is 533 g/mol. The molecule has 2 N–H and O–H groups in total. The Morgan fingerprint density at radius 2 is 1.69 bits per heavy atom. The molecule has 1 aliphatic rings. The lowest BCUT2D eigenvalue weighted by Crippen LogP contribution is -2.45. The fraction of sp³-hybridized carbons (Fsp3) is 0.517. The summed E-state index contributed by atoms with van der Waals surface area (Å²) in [7, 11) is 0. The third kappa shape index (κ3) is 9.05. The van der Waals surface area contributed by atoms with Crippen LogP contribution in [0.25, 0.3) is 0 Å². The number of halogens is 4. The van der Waals surface area contributed by atoms with Crippen LogP contribution in [0.3, 0.4) is 0 Å². The van der Waals surface area contributed by atoms with Gasteiger partial charge >= 0.3 is 18.2 Å². The zero-order valence-corrected chi connectivity index (χ0v) is 23.2. The lowest BCUT2D eigenvalue weighted by Gasteiger charge is -2.41. The second-order valence-corrected chi connectivity index (χ2v) is 11.5. The van der Waals surface area contributed by atoms with Crippen molar-refractivity contribution in [3.63, 3.8) is 0 Å². The first-order chi connectivity index (χ1) is 18.2. The van der Waals surface area contributed by atoms with Gasteiger partial charge in [-0.15, -0.1) is 0 Å². The highest BCUT2D eigenvalue weighted by molar-refractivity contribution is 6.31. The summed E-state index contributed by atoms with van der Waals surface area (Å²) < 4.78 is 45.7. The third-order valence-electron chi connectivity index (χ3n) is 7.23. The van der Waals surface area contributed by atoms with Crippen molar-refractivity contribution in [2.45, 2.75) is 78.1 Å². The molecule has 2 amide bonds. The van der Waals surface area contributed by atoms with Crippen LogP contribution in [0.4, 0.5) is 23.7 Å². The maximum Gasteiger partial charge on any atom is 0.417 e. The fourth-order valence-electron chi connectivity index (χ4n) is 4.94. The normalized spacial score (nSPS) is 17.9. The van der Waals surface area contributed by atoms with Crippen LogP contribution in [0, 0.1) is 11.3 Å². The van der Waals surface area contributed by atoms with E-state index in [9.17, 15) is 22.8 Å². The van der Waals surface area contributed by atoms with Crippen molar-refractivity contribution in [3.8, 4) is 5.75 Å². The van der Waals surface area contributed by atoms with Gasteiger partial charge in [0.2, 0.25) is 0 Å². The van der Waals surface area contributed by atoms with Gasteiger partial charge in [0.25, 0.3) is 0 Å². The van der Waals surface area contributed by atoms with Gasteiger partial charge in [-0.3, -0.25) is 4.79 Å². The Morgan fingerprint density at radius 1 is 1.05 bits per heavy atom. The predicted molar refractivity (Wildman–Crippen MR) is 145 cm³/mol. The van der Waals surface area contributed by atoms with E-state index < -0.39 is 28.8 Å². The van der Waals surface area contributed by atoms with E-state index in [-0.39, 0.29) is 36.7 Å². The Labute approximate surface area is 232 Å². The molecule has 2 aromatic rings.